The van der Waals surface area contributed by atoms with Crippen LogP contribution >= 0.6 is 0 Å². The lowest BCUT2D eigenvalue weighted by atomic mass is 9.70. The molecule has 2 nitrogen and oxygen atoms in total. The number of hydrogen-bond acceptors (Lipinski definition) is 2. The van der Waals surface area contributed by atoms with Gasteiger partial charge >= 0.3 is 0 Å². The number of rotatable bonds is 3. The fraction of sp³-hybridized carbons (Fsp3) is 0.0263. The number of halogens is 1. The van der Waals surface area contributed by atoms with Gasteiger partial charge in [-0.2, -0.15) is 5.26 Å². The summed E-state index contributed by atoms with van der Waals surface area (Å²) in [5, 5.41) is 9.62. The summed E-state index contributed by atoms with van der Waals surface area (Å²) >= 11 is 0. The molecule has 6 aromatic carbocycles. The first-order chi connectivity index (χ1) is 20.2. The highest BCUT2D eigenvalue weighted by Crippen LogP contribution is 2.63. The molecule has 192 valence electrons. The van der Waals surface area contributed by atoms with Gasteiger partial charge in [0.25, 0.3) is 0 Å². The molecule has 0 amide bonds. The number of hydrogen-bond donors (Lipinski definition) is 0. The van der Waals surface area contributed by atoms with E-state index >= 15 is 0 Å². The monoisotopic (exact) mass is 526 g/mol. The van der Waals surface area contributed by atoms with Gasteiger partial charge in [0, 0.05) is 17.1 Å². The normalized spacial score (nSPS) is 13.2. The number of fused-ring (bicyclic) bond motifs is 10. The van der Waals surface area contributed by atoms with Crippen molar-refractivity contribution in [3.8, 4) is 28.3 Å². The third kappa shape index (κ3) is 3.22. The number of benzene rings is 6. The van der Waals surface area contributed by atoms with Gasteiger partial charge in [0.15, 0.2) is 0 Å². The second-order valence-corrected chi connectivity index (χ2v) is 10.6. The van der Waals surface area contributed by atoms with Gasteiger partial charge in [-0.3, -0.25) is 0 Å². The maximum Gasteiger partial charge on any atom is 0.123 e. The van der Waals surface area contributed by atoms with Crippen LogP contribution in [-0.2, 0) is 5.41 Å². The van der Waals surface area contributed by atoms with Gasteiger partial charge in [-0.1, -0.05) is 84.9 Å². The zero-order valence-corrected chi connectivity index (χ0v) is 22.1. The van der Waals surface area contributed by atoms with Crippen molar-refractivity contribution in [1.82, 2.24) is 0 Å². The third-order valence-corrected chi connectivity index (χ3v) is 8.56. The molecule has 0 saturated carbocycles. The Bertz CT molecular complexity index is 1990. The predicted octanol–water partition coefficient (Wildman–Crippen LogP) is 9.51. The molecule has 3 heteroatoms. The quantitative estimate of drug-likeness (QED) is 0.229. The molecule has 2 aliphatic carbocycles. The standard InChI is InChI=1S/C38H23FN2/c39-26-16-18-27(19-17-26)41(28-9-7-8-25(22-28)24-40)29-20-21-37-33(23-29)32-12-3-6-15-36(32)38(37)34-13-4-1-10-30(34)31-11-2-5-14-35(31)38/h1-23H. The molecule has 0 atom stereocenters. The van der Waals surface area contributed by atoms with Gasteiger partial charge in [-0.15, -0.1) is 0 Å². The third-order valence-electron chi connectivity index (χ3n) is 8.56. The molecule has 0 fully saturated rings. The average molecular weight is 527 g/mol. The summed E-state index contributed by atoms with van der Waals surface area (Å²) in [5.41, 5.74) is 12.8. The van der Waals surface area contributed by atoms with Gasteiger partial charge in [-0.05, 0) is 99.1 Å². The molecule has 0 heterocycles. The predicted molar refractivity (Wildman–Crippen MR) is 162 cm³/mol. The second-order valence-electron chi connectivity index (χ2n) is 10.6. The van der Waals surface area contributed by atoms with Crippen molar-refractivity contribution in [1.29, 1.82) is 5.26 Å². The van der Waals surface area contributed by atoms with E-state index in [1.165, 1.54) is 56.6 Å². The maximum atomic E-state index is 14.0. The van der Waals surface area contributed by atoms with E-state index in [4.69, 9.17) is 0 Å². The molecule has 2 aliphatic rings. The number of anilines is 3. The summed E-state index contributed by atoms with van der Waals surface area (Å²) in [6, 6.07) is 49.2. The van der Waals surface area contributed by atoms with Crippen LogP contribution in [-0.4, -0.2) is 0 Å². The van der Waals surface area contributed by atoms with E-state index in [1.807, 2.05) is 18.2 Å². The fourth-order valence-corrected chi connectivity index (χ4v) is 6.98. The van der Waals surface area contributed by atoms with E-state index in [9.17, 15) is 9.65 Å². The molecular formula is C38H23FN2. The van der Waals surface area contributed by atoms with Gasteiger partial charge in [0.1, 0.15) is 5.82 Å². The van der Waals surface area contributed by atoms with Crippen molar-refractivity contribution < 1.29 is 4.39 Å². The van der Waals surface area contributed by atoms with Crippen LogP contribution in [0, 0.1) is 17.1 Å². The van der Waals surface area contributed by atoms with Crippen molar-refractivity contribution in [2.45, 2.75) is 5.41 Å². The first-order valence-electron chi connectivity index (χ1n) is 13.7. The van der Waals surface area contributed by atoms with Crippen LogP contribution in [0.2, 0.25) is 0 Å². The van der Waals surface area contributed by atoms with E-state index in [1.54, 1.807) is 18.2 Å². The zero-order chi connectivity index (χ0) is 27.6. The van der Waals surface area contributed by atoms with E-state index in [0.717, 1.165) is 17.1 Å². The second kappa shape index (κ2) is 8.78. The Balaban J connectivity index is 1.41. The Morgan fingerprint density at radius 2 is 1.00 bits per heavy atom. The molecule has 0 unspecified atom stereocenters. The molecule has 0 aromatic heterocycles. The summed E-state index contributed by atoms with van der Waals surface area (Å²) in [7, 11) is 0. The highest BCUT2D eigenvalue weighted by atomic mass is 19.1. The maximum absolute atomic E-state index is 14.0. The van der Waals surface area contributed by atoms with E-state index in [-0.39, 0.29) is 5.82 Å². The van der Waals surface area contributed by atoms with Crippen molar-refractivity contribution in [2.75, 3.05) is 4.90 Å². The zero-order valence-electron chi connectivity index (χ0n) is 22.1. The van der Waals surface area contributed by atoms with Crippen LogP contribution in [0.4, 0.5) is 21.5 Å². The fourth-order valence-electron chi connectivity index (χ4n) is 6.98. The largest absolute Gasteiger partial charge is 0.310 e. The molecule has 41 heavy (non-hydrogen) atoms. The smallest absolute Gasteiger partial charge is 0.123 e. The molecule has 0 N–H and O–H groups in total. The molecule has 1 spiro atoms. The first-order valence-corrected chi connectivity index (χ1v) is 13.7. The summed E-state index contributed by atoms with van der Waals surface area (Å²) in [4.78, 5) is 2.09. The SMILES string of the molecule is N#Cc1cccc(N(c2ccc(F)cc2)c2ccc3c(c2)-c2ccccc2C32c3ccccc3-c3ccccc32)c1. The lowest BCUT2D eigenvalue weighted by molar-refractivity contribution is 0.628. The van der Waals surface area contributed by atoms with Gasteiger partial charge < -0.3 is 4.90 Å². The summed E-state index contributed by atoms with van der Waals surface area (Å²) in [5.74, 6) is -0.289. The van der Waals surface area contributed by atoms with Crippen molar-refractivity contribution in [2.24, 2.45) is 0 Å². The Kier molecular flexibility index (Phi) is 5.01. The summed E-state index contributed by atoms with van der Waals surface area (Å²) < 4.78 is 14.0. The van der Waals surface area contributed by atoms with Crippen LogP contribution in [0.25, 0.3) is 22.3 Å². The summed E-state index contributed by atoms with van der Waals surface area (Å²) in [6.07, 6.45) is 0. The molecule has 6 aromatic rings. The molecule has 8 rings (SSSR count). The molecule has 0 bridgehead atoms. The van der Waals surface area contributed by atoms with Crippen LogP contribution in [0.5, 0.6) is 0 Å². The lowest BCUT2D eigenvalue weighted by Crippen LogP contribution is -2.25. The topological polar surface area (TPSA) is 27.0 Å². The van der Waals surface area contributed by atoms with Crippen molar-refractivity contribution in [3.63, 3.8) is 0 Å². The minimum absolute atomic E-state index is 0.289. The summed E-state index contributed by atoms with van der Waals surface area (Å²) in [6.45, 7) is 0. The Morgan fingerprint density at radius 1 is 0.488 bits per heavy atom. The minimum Gasteiger partial charge on any atom is -0.310 e. The molecule has 0 radical (unpaired) electrons. The lowest BCUT2D eigenvalue weighted by Gasteiger charge is -2.31. The van der Waals surface area contributed by atoms with E-state index in [0.29, 0.717) is 5.56 Å². The Morgan fingerprint density at radius 3 is 1.61 bits per heavy atom. The van der Waals surface area contributed by atoms with Crippen molar-refractivity contribution >= 4 is 17.1 Å². The first kappa shape index (κ1) is 23.4. The highest BCUT2D eigenvalue weighted by molar-refractivity contribution is 5.96. The van der Waals surface area contributed by atoms with Crippen molar-refractivity contribution in [3.05, 3.63) is 173 Å². The van der Waals surface area contributed by atoms with E-state index < -0.39 is 5.41 Å². The van der Waals surface area contributed by atoms with E-state index in [2.05, 4.69) is 102 Å². The number of nitriles is 1. The molecule has 0 saturated heterocycles. The molecular weight excluding hydrogens is 503 g/mol. The van der Waals surface area contributed by atoms with Crippen LogP contribution < -0.4 is 4.90 Å². The van der Waals surface area contributed by atoms with Gasteiger partial charge in [0.2, 0.25) is 0 Å². The highest BCUT2D eigenvalue weighted by Gasteiger charge is 2.51. The van der Waals surface area contributed by atoms with Crippen LogP contribution in [0.15, 0.2) is 140 Å². The van der Waals surface area contributed by atoms with Gasteiger partial charge in [0.05, 0.1) is 17.0 Å². The molecule has 0 aliphatic heterocycles. The number of nitrogens with zero attached hydrogens (tertiary/aromatic N) is 2. The Hall–Kier alpha value is -5.46. The average Bonchev–Trinajstić information content (AvgIpc) is 3.49. The van der Waals surface area contributed by atoms with Crippen LogP contribution in [0.3, 0.4) is 0 Å². The van der Waals surface area contributed by atoms with Gasteiger partial charge in [-0.25, -0.2) is 4.39 Å². The Labute approximate surface area is 238 Å². The minimum atomic E-state index is -0.404. The van der Waals surface area contributed by atoms with Crippen LogP contribution in [0.1, 0.15) is 27.8 Å².